The van der Waals surface area contributed by atoms with E-state index >= 15 is 0 Å². The lowest BCUT2D eigenvalue weighted by molar-refractivity contribution is 0.0299. The largest absolute Gasteiger partial charge is 0.396 e. The Morgan fingerprint density at radius 3 is 2.62 bits per heavy atom. The summed E-state index contributed by atoms with van der Waals surface area (Å²) in [4.78, 5) is 0. The molecule has 2 heteroatoms. The van der Waals surface area contributed by atoms with Crippen molar-refractivity contribution in [2.45, 2.75) is 25.9 Å². The van der Waals surface area contributed by atoms with Gasteiger partial charge in [0.05, 0.1) is 5.60 Å². The normalized spacial score (nSPS) is 15.4. The molecule has 0 heterocycles. The summed E-state index contributed by atoms with van der Waals surface area (Å²) in [6, 6.07) is 7.72. The minimum absolute atomic E-state index is 0.000934. The molecule has 0 amide bonds. The Bertz CT molecular complexity index is 279. The molecule has 0 fully saturated rings. The minimum Gasteiger partial charge on any atom is -0.396 e. The summed E-state index contributed by atoms with van der Waals surface area (Å²) in [5.74, 6) is 0. The molecular formula is C11H16O2. The van der Waals surface area contributed by atoms with E-state index in [4.69, 9.17) is 5.11 Å². The van der Waals surface area contributed by atoms with E-state index in [1.807, 2.05) is 31.2 Å². The van der Waals surface area contributed by atoms with Crippen LogP contribution in [-0.4, -0.2) is 16.8 Å². The summed E-state index contributed by atoms with van der Waals surface area (Å²) in [5, 5.41) is 18.7. The molecule has 1 aromatic carbocycles. The Balaban J connectivity index is 2.93. The first-order valence-corrected chi connectivity index (χ1v) is 4.46. The highest BCUT2D eigenvalue weighted by molar-refractivity contribution is 5.26. The first-order valence-electron chi connectivity index (χ1n) is 4.46. The van der Waals surface area contributed by atoms with Crippen LogP contribution in [0.1, 0.15) is 24.5 Å². The van der Waals surface area contributed by atoms with Crippen LogP contribution in [0.4, 0.5) is 0 Å². The minimum atomic E-state index is -0.916. The molecule has 13 heavy (non-hydrogen) atoms. The third-order valence-corrected chi connectivity index (χ3v) is 2.24. The second kappa shape index (κ2) is 3.90. The smallest absolute Gasteiger partial charge is 0.0890 e. The molecule has 0 radical (unpaired) electrons. The van der Waals surface area contributed by atoms with Crippen molar-refractivity contribution in [3.05, 3.63) is 35.4 Å². The highest BCUT2D eigenvalue weighted by Crippen LogP contribution is 2.24. The summed E-state index contributed by atoms with van der Waals surface area (Å²) >= 11 is 0. The quantitative estimate of drug-likeness (QED) is 0.741. The Hall–Kier alpha value is -0.860. The molecule has 0 bridgehead atoms. The van der Waals surface area contributed by atoms with Gasteiger partial charge >= 0.3 is 0 Å². The average molecular weight is 180 g/mol. The number of aliphatic hydroxyl groups excluding tert-OH is 1. The zero-order valence-corrected chi connectivity index (χ0v) is 8.12. The maximum atomic E-state index is 9.95. The molecule has 0 saturated heterocycles. The molecule has 1 atom stereocenters. The SMILES string of the molecule is Cc1cccc([C@@](C)(O)CCO)c1. The topological polar surface area (TPSA) is 40.5 Å². The molecule has 0 aliphatic heterocycles. The summed E-state index contributed by atoms with van der Waals surface area (Å²) in [6.07, 6.45) is 0.371. The third-order valence-electron chi connectivity index (χ3n) is 2.24. The molecule has 2 N–H and O–H groups in total. The number of aryl methyl sites for hydroxylation is 1. The lowest BCUT2D eigenvalue weighted by Gasteiger charge is -2.23. The van der Waals surface area contributed by atoms with Crippen LogP contribution in [-0.2, 0) is 5.60 Å². The van der Waals surface area contributed by atoms with Crippen molar-refractivity contribution in [2.24, 2.45) is 0 Å². The average Bonchev–Trinajstić information content (AvgIpc) is 2.04. The molecule has 0 unspecified atom stereocenters. The van der Waals surface area contributed by atoms with Crippen molar-refractivity contribution in [1.29, 1.82) is 0 Å². The summed E-state index contributed by atoms with van der Waals surface area (Å²) in [7, 11) is 0. The lowest BCUT2D eigenvalue weighted by atomic mass is 9.92. The van der Waals surface area contributed by atoms with Gasteiger partial charge in [-0.2, -0.15) is 0 Å². The van der Waals surface area contributed by atoms with Crippen molar-refractivity contribution in [3.8, 4) is 0 Å². The third kappa shape index (κ3) is 2.54. The zero-order chi connectivity index (χ0) is 9.90. The lowest BCUT2D eigenvalue weighted by Crippen LogP contribution is -2.22. The number of hydrogen-bond donors (Lipinski definition) is 2. The second-order valence-corrected chi connectivity index (χ2v) is 3.62. The van der Waals surface area contributed by atoms with Crippen LogP contribution in [0.3, 0.4) is 0 Å². The van der Waals surface area contributed by atoms with Crippen LogP contribution in [0.25, 0.3) is 0 Å². The van der Waals surface area contributed by atoms with Gasteiger partial charge in [-0.3, -0.25) is 0 Å². The number of rotatable bonds is 3. The Morgan fingerprint density at radius 1 is 1.38 bits per heavy atom. The molecular weight excluding hydrogens is 164 g/mol. The van der Waals surface area contributed by atoms with E-state index in [-0.39, 0.29) is 6.61 Å². The van der Waals surface area contributed by atoms with E-state index in [9.17, 15) is 5.11 Å². The molecule has 0 aliphatic carbocycles. The van der Waals surface area contributed by atoms with Crippen LogP contribution in [0.5, 0.6) is 0 Å². The summed E-state index contributed by atoms with van der Waals surface area (Å²) in [5.41, 5.74) is 1.07. The number of hydrogen-bond acceptors (Lipinski definition) is 2. The van der Waals surface area contributed by atoms with E-state index in [1.54, 1.807) is 6.92 Å². The molecule has 0 aliphatic rings. The van der Waals surface area contributed by atoms with Crippen molar-refractivity contribution in [1.82, 2.24) is 0 Å². The van der Waals surface area contributed by atoms with Crippen LogP contribution in [0, 0.1) is 6.92 Å². The summed E-state index contributed by atoms with van der Waals surface area (Å²) < 4.78 is 0. The van der Waals surface area contributed by atoms with Gasteiger partial charge in [0.15, 0.2) is 0 Å². The standard InChI is InChI=1S/C11H16O2/c1-9-4-3-5-10(8-9)11(2,13)6-7-12/h3-5,8,12-13H,6-7H2,1-2H3/t11-/m0/s1. The van der Waals surface area contributed by atoms with Crippen LogP contribution in [0.15, 0.2) is 24.3 Å². The van der Waals surface area contributed by atoms with E-state index in [1.165, 1.54) is 0 Å². The fourth-order valence-corrected chi connectivity index (χ4v) is 1.34. The van der Waals surface area contributed by atoms with Gasteiger partial charge in [-0.05, 0) is 19.4 Å². The molecule has 0 aromatic heterocycles. The van der Waals surface area contributed by atoms with Gasteiger partial charge in [-0.15, -0.1) is 0 Å². The van der Waals surface area contributed by atoms with Gasteiger partial charge in [0.25, 0.3) is 0 Å². The molecule has 72 valence electrons. The van der Waals surface area contributed by atoms with Crippen molar-refractivity contribution >= 4 is 0 Å². The molecule has 2 nitrogen and oxygen atoms in total. The van der Waals surface area contributed by atoms with E-state index in [2.05, 4.69) is 0 Å². The van der Waals surface area contributed by atoms with Gasteiger partial charge < -0.3 is 10.2 Å². The Morgan fingerprint density at radius 2 is 2.08 bits per heavy atom. The van der Waals surface area contributed by atoms with Gasteiger partial charge in [0, 0.05) is 13.0 Å². The zero-order valence-electron chi connectivity index (χ0n) is 8.12. The van der Waals surface area contributed by atoms with E-state index in [0.29, 0.717) is 6.42 Å². The van der Waals surface area contributed by atoms with Crippen molar-refractivity contribution in [3.63, 3.8) is 0 Å². The fourth-order valence-electron chi connectivity index (χ4n) is 1.34. The first kappa shape index (κ1) is 10.2. The first-order chi connectivity index (χ1) is 6.06. The van der Waals surface area contributed by atoms with E-state index < -0.39 is 5.60 Å². The Labute approximate surface area is 78.8 Å². The number of aliphatic hydroxyl groups is 2. The molecule has 0 spiro atoms. The second-order valence-electron chi connectivity index (χ2n) is 3.62. The maximum Gasteiger partial charge on any atom is 0.0890 e. The van der Waals surface area contributed by atoms with Gasteiger partial charge in [0.1, 0.15) is 0 Å². The Kier molecular flexibility index (Phi) is 3.07. The van der Waals surface area contributed by atoms with Crippen molar-refractivity contribution < 1.29 is 10.2 Å². The van der Waals surface area contributed by atoms with Gasteiger partial charge in [-0.1, -0.05) is 29.8 Å². The van der Waals surface area contributed by atoms with Gasteiger partial charge in [0.2, 0.25) is 0 Å². The maximum absolute atomic E-state index is 9.95. The predicted molar refractivity (Wildman–Crippen MR) is 52.5 cm³/mol. The monoisotopic (exact) mass is 180 g/mol. The predicted octanol–water partition coefficient (Wildman–Crippen LogP) is 1.58. The fraction of sp³-hybridized carbons (Fsp3) is 0.455. The van der Waals surface area contributed by atoms with Crippen molar-refractivity contribution in [2.75, 3.05) is 6.61 Å². The summed E-state index contributed by atoms with van der Waals surface area (Å²) in [6.45, 7) is 3.71. The van der Waals surface area contributed by atoms with Crippen LogP contribution in [0.2, 0.25) is 0 Å². The number of benzene rings is 1. The highest BCUT2D eigenvalue weighted by Gasteiger charge is 2.21. The van der Waals surface area contributed by atoms with E-state index in [0.717, 1.165) is 11.1 Å². The van der Waals surface area contributed by atoms with Crippen LogP contribution >= 0.6 is 0 Å². The molecule has 1 rings (SSSR count). The van der Waals surface area contributed by atoms with Gasteiger partial charge in [-0.25, -0.2) is 0 Å². The molecule has 0 saturated carbocycles. The molecule has 1 aromatic rings. The van der Waals surface area contributed by atoms with Crippen LogP contribution < -0.4 is 0 Å². The highest BCUT2D eigenvalue weighted by atomic mass is 16.3.